The molecular formula is C14H13NO7. The molecule has 1 aliphatic rings. The van der Waals surface area contributed by atoms with Crippen LogP contribution in [0.15, 0.2) is 18.2 Å². The number of amides is 2. The van der Waals surface area contributed by atoms with Crippen molar-refractivity contribution in [3.8, 4) is 11.5 Å². The zero-order chi connectivity index (χ0) is 16.3. The Hall–Kier alpha value is -2.90. The standard InChI is InChI=1S/C14H13NO7/c1-8(16)21-11-7-9(20-2)3-4-10(11)14(19)22-15-12(17)5-6-13(15)18/h3-4,7H,5-6H2,1-2H3. The fourth-order valence-corrected chi connectivity index (χ4v) is 1.83. The lowest BCUT2D eigenvalue weighted by Gasteiger charge is -2.14. The van der Waals surface area contributed by atoms with Gasteiger partial charge in [-0.25, -0.2) is 4.79 Å². The van der Waals surface area contributed by atoms with Crippen molar-refractivity contribution in [1.29, 1.82) is 0 Å². The third-order valence-electron chi connectivity index (χ3n) is 2.84. The van der Waals surface area contributed by atoms with Gasteiger partial charge >= 0.3 is 11.9 Å². The molecule has 1 aromatic carbocycles. The van der Waals surface area contributed by atoms with E-state index in [4.69, 9.17) is 14.3 Å². The highest BCUT2D eigenvalue weighted by molar-refractivity contribution is 6.03. The molecule has 2 amide bonds. The van der Waals surface area contributed by atoms with Gasteiger partial charge in [-0.05, 0) is 12.1 Å². The number of rotatable bonds is 4. The van der Waals surface area contributed by atoms with Gasteiger partial charge in [0.25, 0.3) is 11.8 Å². The molecule has 1 aliphatic heterocycles. The van der Waals surface area contributed by atoms with E-state index in [1.165, 1.54) is 32.2 Å². The van der Waals surface area contributed by atoms with Gasteiger partial charge in [-0.3, -0.25) is 14.4 Å². The number of carbonyl (C=O) groups excluding carboxylic acids is 4. The molecule has 1 aromatic rings. The summed E-state index contributed by atoms with van der Waals surface area (Å²) in [5.41, 5.74) is -0.108. The smallest absolute Gasteiger partial charge is 0.367 e. The molecule has 8 nitrogen and oxygen atoms in total. The van der Waals surface area contributed by atoms with Crippen LogP contribution in [-0.4, -0.2) is 35.9 Å². The van der Waals surface area contributed by atoms with Crippen molar-refractivity contribution in [3.05, 3.63) is 23.8 Å². The van der Waals surface area contributed by atoms with Crippen molar-refractivity contribution in [3.63, 3.8) is 0 Å². The lowest BCUT2D eigenvalue weighted by atomic mass is 10.2. The molecule has 0 N–H and O–H groups in total. The molecule has 0 atom stereocenters. The second-order valence-electron chi connectivity index (χ2n) is 4.42. The normalized spacial score (nSPS) is 14.0. The lowest BCUT2D eigenvalue weighted by molar-refractivity contribution is -0.172. The summed E-state index contributed by atoms with van der Waals surface area (Å²) in [6, 6.07) is 4.09. The molecule has 0 radical (unpaired) electrons. The summed E-state index contributed by atoms with van der Waals surface area (Å²) in [4.78, 5) is 50.9. The van der Waals surface area contributed by atoms with Gasteiger partial charge < -0.3 is 14.3 Å². The van der Waals surface area contributed by atoms with Gasteiger partial charge in [0.1, 0.15) is 17.1 Å². The van der Waals surface area contributed by atoms with Crippen LogP contribution in [0.25, 0.3) is 0 Å². The van der Waals surface area contributed by atoms with Crippen molar-refractivity contribution >= 4 is 23.8 Å². The molecule has 0 unspecified atom stereocenters. The Morgan fingerprint density at radius 2 is 1.77 bits per heavy atom. The van der Waals surface area contributed by atoms with E-state index in [-0.39, 0.29) is 24.2 Å². The molecule has 0 bridgehead atoms. The van der Waals surface area contributed by atoms with Gasteiger partial charge in [-0.1, -0.05) is 0 Å². The average molecular weight is 307 g/mol. The van der Waals surface area contributed by atoms with Crippen LogP contribution >= 0.6 is 0 Å². The number of imide groups is 1. The summed E-state index contributed by atoms with van der Waals surface area (Å²) in [6.07, 6.45) is -0.0168. The maximum Gasteiger partial charge on any atom is 0.367 e. The van der Waals surface area contributed by atoms with Crippen molar-refractivity contribution in [2.45, 2.75) is 19.8 Å². The number of methoxy groups -OCH3 is 1. The van der Waals surface area contributed by atoms with Crippen LogP contribution in [0.1, 0.15) is 30.1 Å². The van der Waals surface area contributed by atoms with Gasteiger partial charge in [0, 0.05) is 25.8 Å². The molecule has 0 aromatic heterocycles. The number of hydrogen-bond donors (Lipinski definition) is 0. The predicted molar refractivity (Wildman–Crippen MR) is 70.8 cm³/mol. The van der Waals surface area contributed by atoms with E-state index in [2.05, 4.69) is 0 Å². The second kappa shape index (κ2) is 6.25. The van der Waals surface area contributed by atoms with Gasteiger partial charge in [0.15, 0.2) is 0 Å². The summed E-state index contributed by atoms with van der Waals surface area (Å²) in [7, 11) is 1.41. The van der Waals surface area contributed by atoms with Crippen LogP contribution in [0.3, 0.4) is 0 Å². The molecule has 0 saturated carbocycles. The number of benzene rings is 1. The SMILES string of the molecule is COc1ccc(C(=O)ON2C(=O)CCC2=O)c(OC(C)=O)c1. The fraction of sp³-hybridized carbons (Fsp3) is 0.286. The molecular weight excluding hydrogens is 294 g/mol. The van der Waals surface area contributed by atoms with Gasteiger partial charge in [0.05, 0.1) is 7.11 Å². The highest BCUT2D eigenvalue weighted by atomic mass is 16.7. The van der Waals surface area contributed by atoms with Gasteiger partial charge in [-0.2, -0.15) is 0 Å². The zero-order valence-electron chi connectivity index (χ0n) is 12.0. The third-order valence-corrected chi connectivity index (χ3v) is 2.84. The second-order valence-corrected chi connectivity index (χ2v) is 4.42. The molecule has 2 rings (SSSR count). The molecule has 0 spiro atoms. The fourth-order valence-electron chi connectivity index (χ4n) is 1.83. The maximum absolute atomic E-state index is 12.1. The Kier molecular flexibility index (Phi) is 4.40. The average Bonchev–Trinajstić information content (AvgIpc) is 2.78. The Labute approximate surface area is 125 Å². The molecule has 1 saturated heterocycles. The minimum absolute atomic E-state index is 0.00840. The first-order chi connectivity index (χ1) is 10.4. The first-order valence-electron chi connectivity index (χ1n) is 6.37. The van der Waals surface area contributed by atoms with Crippen molar-refractivity contribution in [2.24, 2.45) is 0 Å². The van der Waals surface area contributed by atoms with Crippen LogP contribution < -0.4 is 9.47 Å². The van der Waals surface area contributed by atoms with Gasteiger partial charge in [-0.15, -0.1) is 5.06 Å². The lowest BCUT2D eigenvalue weighted by Crippen LogP contribution is -2.32. The number of nitrogens with zero attached hydrogens (tertiary/aromatic N) is 1. The minimum Gasteiger partial charge on any atom is -0.497 e. The van der Waals surface area contributed by atoms with E-state index < -0.39 is 23.8 Å². The Morgan fingerprint density at radius 1 is 1.14 bits per heavy atom. The largest absolute Gasteiger partial charge is 0.497 e. The van der Waals surface area contributed by atoms with Crippen molar-refractivity contribution < 1.29 is 33.5 Å². The summed E-state index contributed by atoms with van der Waals surface area (Å²) in [5, 5.41) is 0.421. The molecule has 1 fully saturated rings. The maximum atomic E-state index is 12.1. The molecule has 0 aliphatic carbocycles. The summed E-state index contributed by atoms with van der Waals surface area (Å²) in [5.74, 6) is -2.54. The van der Waals surface area contributed by atoms with Crippen LogP contribution in [0, 0.1) is 0 Å². The zero-order valence-corrected chi connectivity index (χ0v) is 12.0. The van der Waals surface area contributed by atoms with E-state index in [1.54, 1.807) is 0 Å². The number of carbonyl (C=O) groups is 4. The van der Waals surface area contributed by atoms with E-state index in [0.29, 0.717) is 10.8 Å². The van der Waals surface area contributed by atoms with Crippen LogP contribution in [-0.2, 0) is 19.2 Å². The highest BCUT2D eigenvalue weighted by Crippen LogP contribution is 2.26. The van der Waals surface area contributed by atoms with E-state index in [9.17, 15) is 19.2 Å². The Morgan fingerprint density at radius 3 is 2.32 bits per heavy atom. The molecule has 8 heteroatoms. The summed E-state index contributed by atoms with van der Waals surface area (Å²) >= 11 is 0. The van der Waals surface area contributed by atoms with E-state index in [0.717, 1.165) is 0 Å². The molecule has 1 heterocycles. The molecule has 116 valence electrons. The number of hydroxylamine groups is 2. The van der Waals surface area contributed by atoms with E-state index >= 15 is 0 Å². The number of ether oxygens (including phenoxy) is 2. The minimum atomic E-state index is -0.984. The Bertz CT molecular complexity index is 637. The summed E-state index contributed by atoms with van der Waals surface area (Å²) in [6.45, 7) is 1.17. The van der Waals surface area contributed by atoms with Crippen LogP contribution in [0.2, 0.25) is 0 Å². The molecule has 22 heavy (non-hydrogen) atoms. The van der Waals surface area contributed by atoms with Crippen molar-refractivity contribution in [1.82, 2.24) is 5.06 Å². The predicted octanol–water partition coefficient (Wildman–Crippen LogP) is 0.841. The van der Waals surface area contributed by atoms with Crippen LogP contribution in [0.5, 0.6) is 11.5 Å². The highest BCUT2D eigenvalue weighted by Gasteiger charge is 2.33. The Balaban J connectivity index is 2.26. The van der Waals surface area contributed by atoms with Gasteiger partial charge in [0.2, 0.25) is 0 Å². The number of esters is 1. The topological polar surface area (TPSA) is 99.2 Å². The quantitative estimate of drug-likeness (QED) is 0.461. The first-order valence-corrected chi connectivity index (χ1v) is 6.37. The monoisotopic (exact) mass is 307 g/mol. The van der Waals surface area contributed by atoms with Crippen molar-refractivity contribution in [2.75, 3.05) is 7.11 Å². The first kappa shape index (κ1) is 15.5. The third kappa shape index (κ3) is 3.22. The van der Waals surface area contributed by atoms with Crippen LogP contribution in [0.4, 0.5) is 0 Å². The van der Waals surface area contributed by atoms with E-state index in [1.807, 2.05) is 0 Å². The summed E-state index contributed by atoms with van der Waals surface area (Å²) < 4.78 is 9.90. The number of hydrogen-bond acceptors (Lipinski definition) is 7.